The average Bonchev–Trinajstić information content (AvgIpc) is 2.96. The number of fused-ring (bicyclic) bond motifs is 1. The molecule has 5 heteroatoms. The molecule has 1 aromatic heterocycles. The van der Waals surface area contributed by atoms with E-state index in [0.717, 1.165) is 48.0 Å². The molecule has 0 saturated carbocycles. The van der Waals surface area contributed by atoms with Crippen molar-refractivity contribution in [1.29, 1.82) is 0 Å². The van der Waals surface area contributed by atoms with Gasteiger partial charge in [0, 0.05) is 24.5 Å². The number of aromatic nitrogens is 2. The minimum atomic E-state index is 0.666. The van der Waals surface area contributed by atoms with E-state index >= 15 is 0 Å². The standard InChI is InChI=1S/C19H22ClN3O/c1-21-12-11-19-22-17-5-2-3-6-18(17)23(19)13-4-14-24-16-9-7-15(20)8-10-16/h2-3,5-10,21H,4,11-14H2,1H3. The van der Waals surface area contributed by atoms with Crippen LogP contribution in [-0.4, -0.2) is 29.8 Å². The molecule has 0 aliphatic heterocycles. The van der Waals surface area contributed by atoms with Crippen LogP contribution in [0, 0.1) is 0 Å². The maximum absolute atomic E-state index is 5.88. The summed E-state index contributed by atoms with van der Waals surface area (Å²) >= 11 is 5.88. The summed E-state index contributed by atoms with van der Waals surface area (Å²) < 4.78 is 8.09. The third-order valence-corrected chi connectivity index (χ3v) is 4.19. The predicted octanol–water partition coefficient (Wildman–Crippen LogP) is 3.92. The van der Waals surface area contributed by atoms with Crippen LogP contribution in [0.4, 0.5) is 0 Å². The maximum atomic E-state index is 5.88. The summed E-state index contributed by atoms with van der Waals surface area (Å²) in [6.45, 7) is 2.48. The number of rotatable bonds is 8. The van der Waals surface area contributed by atoms with E-state index in [4.69, 9.17) is 21.3 Å². The molecular weight excluding hydrogens is 322 g/mol. The fraction of sp³-hybridized carbons (Fsp3) is 0.316. The van der Waals surface area contributed by atoms with Crippen molar-refractivity contribution < 1.29 is 4.74 Å². The molecule has 4 nitrogen and oxygen atoms in total. The van der Waals surface area contributed by atoms with Gasteiger partial charge in [-0.05, 0) is 49.9 Å². The first-order chi connectivity index (χ1) is 11.8. The number of hydrogen-bond donors (Lipinski definition) is 1. The summed E-state index contributed by atoms with van der Waals surface area (Å²) in [5.74, 6) is 1.97. The Morgan fingerprint density at radius 2 is 1.92 bits per heavy atom. The molecule has 2 aromatic carbocycles. The molecule has 0 bridgehead atoms. The van der Waals surface area contributed by atoms with Crippen molar-refractivity contribution in [2.45, 2.75) is 19.4 Å². The van der Waals surface area contributed by atoms with E-state index in [-0.39, 0.29) is 0 Å². The Morgan fingerprint density at radius 1 is 1.12 bits per heavy atom. The highest BCUT2D eigenvalue weighted by Gasteiger charge is 2.09. The lowest BCUT2D eigenvalue weighted by Crippen LogP contribution is -2.15. The van der Waals surface area contributed by atoms with Gasteiger partial charge in [-0.2, -0.15) is 0 Å². The first kappa shape index (κ1) is 16.8. The second kappa shape index (κ2) is 8.18. The maximum Gasteiger partial charge on any atom is 0.119 e. The number of aryl methyl sites for hydroxylation is 1. The van der Waals surface area contributed by atoms with Gasteiger partial charge in [-0.15, -0.1) is 0 Å². The Morgan fingerprint density at radius 3 is 2.71 bits per heavy atom. The molecule has 126 valence electrons. The Bertz CT molecular complexity index is 783. The third-order valence-electron chi connectivity index (χ3n) is 3.94. The van der Waals surface area contributed by atoms with Crippen molar-refractivity contribution in [3.63, 3.8) is 0 Å². The Labute approximate surface area is 147 Å². The number of imidazole rings is 1. The zero-order chi connectivity index (χ0) is 16.8. The minimum absolute atomic E-state index is 0.666. The second-order valence-electron chi connectivity index (χ2n) is 5.68. The van der Waals surface area contributed by atoms with Gasteiger partial charge < -0.3 is 14.6 Å². The molecule has 0 amide bonds. The summed E-state index contributed by atoms with van der Waals surface area (Å²) in [5.41, 5.74) is 2.25. The van der Waals surface area contributed by atoms with E-state index < -0.39 is 0 Å². The molecule has 3 rings (SSSR count). The lowest BCUT2D eigenvalue weighted by atomic mass is 10.3. The average molecular weight is 344 g/mol. The van der Waals surface area contributed by atoms with E-state index in [2.05, 4.69) is 28.1 Å². The molecule has 1 N–H and O–H groups in total. The van der Waals surface area contributed by atoms with Crippen molar-refractivity contribution in [1.82, 2.24) is 14.9 Å². The van der Waals surface area contributed by atoms with Crippen LogP contribution in [0.15, 0.2) is 48.5 Å². The largest absolute Gasteiger partial charge is 0.494 e. The molecular formula is C19H22ClN3O. The van der Waals surface area contributed by atoms with Crippen LogP contribution in [0.3, 0.4) is 0 Å². The number of hydrogen-bond acceptors (Lipinski definition) is 3. The van der Waals surface area contributed by atoms with Crippen LogP contribution >= 0.6 is 11.6 Å². The molecule has 0 fully saturated rings. The first-order valence-corrected chi connectivity index (χ1v) is 8.63. The highest BCUT2D eigenvalue weighted by molar-refractivity contribution is 6.30. The van der Waals surface area contributed by atoms with Gasteiger partial charge in [0.15, 0.2) is 0 Å². The lowest BCUT2D eigenvalue weighted by molar-refractivity contribution is 0.302. The molecule has 1 heterocycles. The summed E-state index contributed by atoms with van der Waals surface area (Å²) in [6.07, 6.45) is 1.85. The molecule has 0 atom stereocenters. The van der Waals surface area contributed by atoms with Gasteiger partial charge in [-0.3, -0.25) is 0 Å². The van der Waals surface area contributed by atoms with Crippen LogP contribution in [0.1, 0.15) is 12.2 Å². The van der Waals surface area contributed by atoms with Gasteiger partial charge in [0.05, 0.1) is 17.6 Å². The van der Waals surface area contributed by atoms with Crippen LogP contribution in [0.2, 0.25) is 5.02 Å². The number of halogens is 1. The smallest absolute Gasteiger partial charge is 0.119 e. The molecule has 0 aliphatic carbocycles. The van der Waals surface area contributed by atoms with Crippen molar-refractivity contribution in [2.24, 2.45) is 0 Å². The number of benzene rings is 2. The number of likely N-dealkylation sites (N-methyl/N-ethyl adjacent to an activating group) is 1. The second-order valence-corrected chi connectivity index (χ2v) is 6.11. The highest BCUT2D eigenvalue weighted by atomic mass is 35.5. The summed E-state index contributed by atoms with van der Waals surface area (Å²) in [4.78, 5) is 4.76. The van der Waals surface area contributed by atoms with Gasteiger partial charge >= 0.3 is 0 Å². The fourth-order valence-corrected chi connectivity index (χ4v) is 2.87. The Kier molecular flexibility index (Phi) is 5.72. The van der Waals surface area contributed by atoms with Crippen LogP contribution in [0.25, 0.3) is 11.0 Å². The molecule has 24 heavy (non-hydrogen) atoms. The molecule has 0 aliphatic rings. The van der Waals surface area contributed by atoms with Crippen LogP contribution in [-0.2, 0) is 13.0 Å². The van der Waals surface area contributed by atoms with E-state index in [0.29, 0.717) is 6.61 Å². The number of nitrogens with zero attached hydrogens (tertiary/aromatic N) is 2. The van der Waals surface area contributed by atoms with E-state index in [1.54, 1.807) is 0 Å². The predicted molar refractivity (Wildman–Crippen MR) is 98.9 cm³/mol. The highest BCUT2D eigenvalue weighted by Crippen LogP contribution is 2.18. The van der Waals surface area contributed by atoms with Crippen molar-refractivity contribution >= 4 is 22.6 Å². The van der Waals surface area contributed by atoms with Crippen LogP contribution < -0.4 is 10.1 Å². The zero-order valence-corrected chi connectivity index (χ0v) is 14.6. The number of ether oxygens (including phenoxy) is 1. The summed E-state index contributed by atoms with van der Waals surface area (Å²) in [5, 5.41) is 3.92. The number of para-hydroxylation sites is 2. The quantitative estimate of drug-likeness (QED) is 0.630. The Hall–Kier alpha value is -2.04. The molecule has 0 spiro atoms. The summed E-state index contributed by atoms with van der Waals surface area (Å²) in [7, 11) is 1.97. The topological polar surface area (TPSA) is 39.1 Å². The lowest BCUT2D eigenvalue weighted by Gasteiger charge is -2.10. The molecule has 0 saturated heterocycles. The van der Waals surface area contributed by atoms with Gasteiger partial charge in [0.2, 0.25) is 0 Å². The van der Waals surface area contributed by atoms with Crippen LogP contribution in [0.5, 0.6) is 5.75 Å². The molecule has 0 unspecified atom stereocenters. The number of nitrogens with one attached hydrogen (secondary N) is 1. The molecule has 3 aromatic rings. The fourth-order valence-electron chi connectivity index (χ4n) is 2.75. The van der Waals surface area contributed by atoms with Gasteiger partial charge in [0.25, 0.3) is 0 Å². The van der Waals surface area contributed by atoms with Gasteiger partial charge in [-0.1, -0.05) is 23.7 Å². The van der Waals surface area contributed by atoms with Crippen molar-refractivity contribution in [2.75, 3.05) is 20.2 Å². The van der Waals surface area contributed by atoms with E-state index in [9.17, 15) is 0 Å². The molecule has 0 radical (unpaired) electrons. The van der Waals surface area contributed by atoms with Crippen molar-refractivity contribution in [3.8, 4) is 5.75 Å². The van der Waals surface area contributed by atoms with Crippen molar-refractivity contribution in [3.05, 3.63) is 59.4 Å². The van der Waals surface area contributed by atoms with E-state index in [1.807, 2.05) is 37.4 Å². The van der Waals surface area contributed by atoms with Gasteiger partial charge in [-0.25, -0.2) is 4.98 Å². The third kappa shape index (κ3) is 4.08. The van der Waals surface area contributed by atoms with E-state index in [1.165, 1.54) is 5.52 Å². The zero-order valence-electron chi connectivity index (χ0n) is 13.8. The monoisotopic (exact) mass is 343 g/mol. The first-order valence-electron chi connectivity index (χ1n) is 8.25. The minimum Gasteiger partial charge on any atom is -0.494 e. The Balaban J connectivity index is 1.64. The normalized spacial score (nSPS) is 11.1. The SMILES string of the molecule is CNCCc1nc2ccccc2n1CCCOc1ccc(Cl)cc1. The summed E-state index contributed by atoms with van der Waals surface area (Å²) in [6, 6.07) is 15.8. The van der Waals surface area contributed by atoms with Gasteiger partial charge in [0.1, 0.15) is 11.6 Å².